The molecule has 0 aliphatic carbocycles. The monoisotopic (exact) mass is 704 g/mol. The summed E-state index contributed by atoms with van der Waals surface area (Å²) in [5.41, 5.74) is 1.52. The van der Waals surface area contributed by atoms with E-state index < -0.39 is 37.0 Å². The molecule has 250 valence electrons. The van der Waals surface area contributed by atoms with Crippen LogP contribution in [0.4, 0.5) is 14.6 Å². The van der Waals surface area contributed by atoms with Gasteiger partial charge in [-0.3, -0.25) is 19.2 Å². The number of nitriles is 1. The lowest BCUT2D eigenvalue weighted by Crippen LogP contribution is -2.46. The van der Waals surface area contributed by atoms with Crippen molar-refractivity contribution in [2.75, 3.05) is 31.5 Å². The lowest BCUT2D eigenvalue weighted by Gasteiger charge is -2.38. The second kappa shape index (κ2) is 13.5. The number of carbonyl (C=O) groups is 1. The summed E-state index contributed by atoms with van der Waals surface area (Å²) in [6.07, 6.45) is 3.24. The van der Waals surface area contributed by atoms with Gasteiger partial charge in [0.15, 0.2) is 0 Å². The predicted molar refractivity (Wildman–Crippen MR) is 186 cm³/mol. The summed E-state index contributed by atoms with van der Waals surface area (Å²) in [6.45, 7) is -0.474. The zero-order valence-electron chi connectivity index (χ0n) is 29.3. The van der Waals surface area contributed by atoms with E-state index in [4.69, 9.17) is 15.7 Å². The van der Waals surface area contributed by atoms with E-state index in [0.717, 1.165) is 11.8 Å². The van der Waals surface area contributed by atoms with Gasteiger partial charge in [0.05, 0.1) is 46.0 Å². The van der Waals surface area contributed by atoms with Gasteiger partial charge in [0.25, 0.3) is 11.5 Å². The fourth-order valence-electron chi connectivity index (χ4n) is 6.04. The first-order valence-corrected chi connectivity index (χ1v) is 16.4. The summed E-state index contributed by atoms with van der Waals surface area (Å²) in [5.74, 6) is 2.17. The molecule has 1 aliphatic heterocycles. The van der Waals surface area contributed by atoms with Crippen molar-refractivity contribution in [1.82, 2.24) is 24.4 Å². The highest BCUT2D eigenvalue weighted by molar-refractivity contribution is 7.18. The van der Waals surface area contributed by atoms with Gasteiger partial charge in [-0.05, 0) is 44.0 Å². The highest BCUT2D eigenvalue weighted by Gasteiger charge is 2.31. The molecule has 1 aromatic carbocycles. The molecule has 0 atom stereocenters. The van der Waals surface area contributed by atoms with Crippen molar-refractivity contribution in [3.8, 4) is 29.0 Å². The van der Waals surface area contributed by atoms with Gasteiger partial charge in [0, 0.05) is 70.4 Å². The summed E-state index contributed by atoms with van der Waals surface area (Å²) in [6, 6.07) is 8.16. The Bertz CT molecular complexity index is 2390. The highest BCUT2D eigenvalue weighted by atomic mass is 35.5. The Morgan fingerprint density at radius 2 is 2.04 bits per heavy atom. The van der Waals surface area contributed by atoms with Gasteiger partial charge < -0.3 is 10.0 Å². The van der Waals surface area contributed by atoms with Crippen molar-refractivity contribution < 1.29 is 22.8 Å². The Labute approximate surface area is 293 Å². The molecule has 14 heteroatoms. The van der Waals surface area contributed by atoms with Crippen LogP contribution in [0.5, 0.6) is 0 Å². The molecule has 5 heterocycles. The van der Waals surface area contributed by atoms with E-state index in [1.165, 1.54) is 33.7 Å². The minimum absolute atomic E-state index is 0.0805. The van der Waals surface area contributed by atoms with Crippen LogP contribution in [0.3, 0.4) is 0 Å². The number of carboxylic acid groups (broad SMARTS) is 1. The second-order valence-corrected chi connectivity index (χ2v) is 13.1. The number of thiophene rings is 1. The minimum atomic E-state index is -2.90. The van der Waals surface area contributed by atoms with E-state index in [2.05, 4.69) is 26.8 Å². The number of likely N-dealkylation sites (tertiary alicyclic amines) is 1. The molecule has 0 unspecified atom stereocenters. The van der Waals surface area contributed by atoms with E-state index in [-0.39, 0.29) is 66.1 Å². The average molecular weight is 705 g/mol. The Morgan fingerprint density at radius 1 is 1.27 bits per heavy atom. The summed E-state index contributed by atoms with van der Waals surface area (Å²) in [7, 11) is 0. The van der Waals surface area contributed by atoms with Gasteiger partial charge in [-0.25, -0.2) is 23.5 Å². The topological polar surface area (TPSA) is 128 Å². The number of nitrogens with zero attached hydrogens (tertiary/aromatic N) is 7. The summed E-state index contributed by atoms with van der Waals surface area (Å²) < 4.78 is 54.2. The summed E-state index contributed by atoms with van der Waals surface area (Å²) in [5, 5.41) is 21.8. The number of hydrogen-bond acceptors (Lipinski definition) is 9. The molecule has 5 aromatic rings. The van der Waals surface area contributed by atoms with Crippen LogP contribution in [0.1, 0.15) is 51.2 Å². The van der Waals surface area contributed by atoms with Gasteiger partial charge >= 0.3 is 5.97 Å². The number of halogens is 3. The van der Waals surface area contributed by atoms with Crippen LogP contribution in [0.15, 0.2) is 46.8 Å². The quantitative estimate of drug-likeness (QED) is 0.197. The fraction of sp³-hybridized carbons (Fsp3) is 0.314. The van der Waals surface area contributed by atoms with Crippen LogP contribution in [0.25, 0.3) is 32.2 Å². The number of piperidine rings is 1. The first-order valence-electron chi connectivity index (χ1n) is 16.7. The van der Waals surface area contributed by atoms with E-state index in [1.54, 1.807) is 36.1 Å². The first kappa shape index (κ1) is 30.1. The lowest BCUT2D eigenvalue weighted by molar-refractivity contribution is -0.0198. The van der Waals surface area contributed by atoms with E-state index in [9.17, 15) is 28.7 Å². The molecular weight excluding hydrogens is 672 g/mol. The van der Waals surface area contributed by atoms with Crippen LogP contribution < -0.4 is 10.5 Å². The number of fused-ring (bicyclic) bond motifs is 2. The molecule has 10 nitrogen and oxygen atoms in total. The number of hydrogen-bond donors (Lipinski definition) is 1. The van der Waals surface area contributed by atoms with Crippen molar-refractivity contribution in [1.29, 1.82) is 5.26 Å². The van der Waals surface area contributed by atoms with Crippen LogP contribution in [0.2, 0.25) is 5.02 Å². The van der Waals surface area contributed by atoms with Gasteiger partial charge in [-0.2, -0.15) is 5.26 Å². The van der Waals surface area contributed by atoms with Crippen molar-refractivity contribution in [2.24, 2.45) is 0 Å². The normalized spacial score (nSPS) is 15.2. The largest absolute Gasteiger partial charge is 0.478 e. The standard InChI is InChI=1S/C35H30ClF2N7O3S/c1-20-42-28-17-41-32(43(3)23-9-13-44(14-10-23)19-35(2,37)38)26(16-39)29(28)33(46)45(20)12-4-5-21-6-7-22(36)15-25(21)24-8-11-40-30-27(34(47)48)18-49-31(24)30/h6-8,11,15,17-18,23H,9-10,12-14,19H2,1-3H3,(H,47,48)/i3D3. The number of anilines is 1. The predicted octanol–water partition coefficient (Wildman–Crippen LogP) is 6.21. The molecule has 4 aromatic heterocycles. The Balaban J connectivity index is 1.37. The molecule has 0 spiro atoms. The summed E-state index contributed by atoms with van der Waals surface area (Å²) in [4.78, 5) is 41.5. The van der Waals surface area contributed by atoms with Crippen molar-refractivity contribution in [3.05, 3.63) is 79.9 Å². The number of pyridine rings is 2. The first-order chi connectivity index (χ1) is 24.6. The minimum Gasteiger partial charge on any atom is -0.478 e. The molecule has 1 fully saturated rings. The molecule has 0 amide bonds. The van der Waals surface area contributed by atoms with E-state index in [1.807, 2.05) is 6.07 Å². The maximum Gasteiger partial charge on any atom is 0.338 e. The second-order valence-electron chi connectivity index (χ2n) is 11.8. The fourth-order valence-corrected chi connectivity index (χ4v) is 7.24. The molecule has 0 bridgehead atoms. The van der Waals surface area contributed by atoms with Gasteiger partial charge in [-0.1, -0.05) is 23.4 Å². The molecule has 0 saturated carbocycles. The maximum absolute atomic E-state index is 14.1. The van der Waals surface area contributed by atoms with E-state index in [0.29, 0.717) is 31.9 Å². The SMILES string of the molecule is [2H]C([2H])([2H])N(c1ncc2nc(C)n(CC#Cc3ccc(Cl)cc3-c3ccnc4c(C(=O)O)csc34)c(=O)c2c1C#N)C1CCN(CC(C)(F)F)CC1. The van der Waals surface area contributed by atoms with Crippen LogP contribution in [-0.2, 0) is 6.54 Å². The highest BCUT2D eigenvalue weighted by Crippen LogP contribution is 2.36. The average Bonchev–Trinajstić information content (AvgIpc) is 3.51. The van der Waals surface area contributed by atoms with Crippen LogP contribution in [-0.4, -0.2) is 74.1 Å². The zero-order chi connectivity index (χ0) is 37.5. The van der Waals surface area contributed by atoms with Crippen molar-refractivity contribution >= 4 is 55.8 Å². The van der Waals surface area contributed by atoms with Gasteiger partial charge in [-0.15, -0.1) is 11.3 Å². The number of carboxylic acids is 1. The molecule has 1 N–H and O–H groups in total. The summed E-state index contributed by atoms with van der Waals surface area (Å²) >= 11 is 7.60. The Morgan fingerprint density at radius 3 is 2.73 bits per heavy atom. The van der Waals surface area contributed by atoms with Gasteiger partial charge in [0.2, 0.25) is 0 Å². The molecule has 49 heavy (non-hydrogen) atoms. The van der Waals surface area contributed by atoms with Gasteiger partial charge in [0.1, 0.15) is 23.3 Å². The number of aromatic nitrogens is 4. The maximum atomic E-state index is 14.1. The molecule has 1 aliphatic rings. The third-order valence-corrected chi connectivity index (χ3v) is 9.59. The zero-order valence-corrected chi connectivity index (χ0v) is 27.9. The molecule has 1 saturated heterocycles. The molecule has 0 radical (unpaired) electrons. The van der Waals surface area contributed by atoms with Crippen molar-refractivity contribution in [2.45, 2.75) is 45.2 Å². The Hall–Kier alpha value is -4.95. The number of alkyl halides is 2. The van der Waals surface area contributed by atoms with Crippen LogP contribution >= 0.6 is 22.9 Å². The smallest absolute Gasteiger partial charge is 0.338 e. The number of rotatable bonds is 7. The molecule has 6 rings (SSSR count). The number of aryl methyl sites for hydroxylation is 1. The third kappa shape index (κ3) is 6.83. The van der Waals surface area contributed by atoms with E-state index >= 15 is 0 Å². The molecular formula is C35H30ClF2N7O3S. The van der Waals surface area contributed by atoms with Crippen molar-refractivity contribution in [3.63, 3.8) is 0 Å². The Kier molecular flexibility index (Phi) is 8.31. The third-order valence-electron chi connectivity index (χ3n) is 8.35. The van der Waals surface area contributed by atoms with Crippen LogP contribution in [0, 0.1) is 30.1 Å². The number of benzene rings is 1. The lowest BCUT2D eigenvalue weighted by atomic mass is 10.00. The number of aromatic carboxylic acids is 1.